The van der Waals surface area contributed by atoms with Gasteiger partial charge < -0.3 is 10.0 Å². The molecule has 2 aromatic carbocycles. The Hall–Kier alpha value is -2.17. The van der Waals surface area contributed by atoms with Gasteiger partial charge in [-0.2, -0.15) is 0 Å². The van der Waals surface area contributed by atoms with Crippen molar-refractivity contribution < 1.29 is 5.11 Å². The van der Waals surface area contributed by atoms with Gasteiger partial charge in [-0.1, -0.05) is 23.7 Å². The minimum Gasteiger partial charge on any atom is -0.395 e. The lowest BCUT2D eigenvalue weighted by atomic mass is 10.1. The molecular weight excluding hydrogens is 310 g/mol. The summed E-state index contributed by atoms with van der Waals surface area (Å²) in [5.41, 5.74) is 1.81. The van der Waals surface area contributed by atoms with Crippen molar-refractivity contribution in [3.63, 3.8) is 0 Å². The topological polar surface area (TPSA) is 49.2 Å². The Morgan fingerprint density at radius 3 is 2.48 bits per heavy atom. The van der Waals surface area contributed by atoms with Gasteiger partial charge in [0.05, 0.1) is 12.1 Å². The fourth-order valence-electron chi connectivity index (χ4n) is 2.56. The van der Waals surface area contributed by atoms with E-state index in [1.54, 1.807) is 0 Å². The summed E-state index contributed by atoms with van der Waals surface area (Å²) in [5, 5.41) is 11.0. The van der Waals surface area contributed by atoms with Gasteiger partial charge in [-0.15, -0.1) is 0 Å². The number of aliphatic hydroxyl groups is 1. The standard InChI is InChI=1S/C18H18ClN3O/c1-2-22(11-12-23)18-15-5-3-4-6-16(15)20-17(21-18)13-7-9-14(19)10-8-13/h3-10,23H,2,11-12H2,1H3. The Kier molecular flexibility index (Phi) is 4.74. The van der Waals surface area contributed by atoms with E-state index < -0.39 is 0 Å². The highest BCUT2D eigenvalue weighted by Crippen LogP contribution is 2.27. The van der Waals surface area contributed by atoms with Crippen molar-refractivity contribution >= 4 is 28.3 Å². The van der Waals surface area contributed by atoms with Gasteiger partial charge in [0, 0.05) is 29.1 Å². The maximum Gasteiger partial charge on any atom is 0.162 e. The molecule has 0 unspecified atom stereocenters. The maximum atomic E-state index is 9.32. The lowest BCUT2D eigenvalue weighted by molar-refractivity contribution is 0.302. The molecule has 0 saturated carbocycles. The average molecular weight is 328 g/mol. The number of nitrogens with zero attached hydrogens (tertiary/aromatic N) is 3. The quantitative estimate of drug-likeness (QED) is 0.775. The highest BCUT2D eigenvalue weighted by atomic mass is 35.5. The molecule has 0 bridgehead atoms. The molecule has 0 fully saturated rings. The summed E-state index contributed by atoms with van der Waals surface area (Å²) < 4.78 is 0. The van der Waals surface area contributed by atoms with Crippen molar-refractivity contribution in [1.82, 2.24) is 9.97 Å². The third-order valence-corrected chi connectivity index (χ3v) is 3.99. The van der Waals surface area contributed by atoms with E-state index in [-0.39, 0.29) is 6.61 Å². The number of hydrogen-bond acceptors (Lipinski definition) is 4. The molecule has 4 nitrogen and oxygen atoms in total. The smallest absolute Gasteiger partial charge is 0.162 e. The number of fused-ring (bicyclic) bond motifs is 1. The van der Waals surface area contributed by atoms with Gasteiger partial charge >= 0.3 is 0 Å². The summed E-state index contributed by atoms with van der Waals surface area (Å²) in [4.78, 5) is 11.5. The molecule has 1 heterocycles. The minimum atomic E-state index is 0.0858. The van der Waals surface area contributed by atoms with Crippen molar-refractivity contribution in [2.75, 3.05) is 24.6 Å². The Balaban J connectivity index is 2.18. The van der Waals surface area contributed by atoms with Crippen LogP contribution in [0.5, 0.6) is 0 Å². The lowest BCUT2D eigenvalue weighted by Gasteiger charge is -2.23. The van der Waals surface area contributed by atoms with Crippen LogP contribution in [0.15, 0.2) is 48.5 Å². The third kappa shape index (κ3) is 3.28. The van der Waals surface area contributed by atoms with Crippen LogP contribution >= 0.6 is 11.6 Å². The van der Waals surface area contributed by atoms with Crippen molar-refractivity contribution in [3.8, 4) is 11.4 Å². The van der Waals surface area contributed by atoms with Gasteiger partial charge in [-0.3, -0.25) is 0 Å². The SMILES string of the molecule is CCN(CCO)c1nc(-c2ccc(Cl)cc2)nc2ccccc12. The Labute approximate surface area is 140 Å². The second-order valence-electron chi connectivity index (χ2n) is 5.20. The molecule has 0 saturated heterocycles. The number of aromatic nitrogens is 2. The normalized spacial score (nSPS) is 10.9. The van der Waals surface area contributed by atoms with Gasteiger partial charge in [0.15, 0.2) is 5.82 Å². The summed E-state index contributed by atoms with van der Waals surface area (Å²) in [5.74, 6) is 1.50. The minimum absolute atomic E-state index is 0.0858. The van der Waals surface area contributed by atoms with Gasteiger partial charge in [-0.05, 0) is 43.3 Å². The predicted octanol–water partition coefficient (Wildman–Crippen LogP) is 3.77. The highest BCUT2D eigenvalue weighted by molar-refractivity contribution is 6.30. The molecule has 0 aliphatic rings. The monoisotopic (exact) mass is 327 g/mol. The number of halogens is 1. The van der Waals surface area contributed by atoms with Crippen molar-refractivity contribution in [1.29, 1.82) is 0 Å². The van der Waals surface area contributed by atoms with Gasteiger partial charge in [0.2, 0.25) is 0 Å². The first-order chi connectivity index (χ1) is 11.2. The number of benzene rings is 2. The molecule has 1 aromatic heterocycles. The van der Waals surface area contributed by atoms with Gasteiger partial charge in [0.25, 0.3) is 0 Å². The Morgan fingerprint density at radius 1 is 1.04 bits per heavy atom. The predicted molar refractivity (Wildman–Crippen MR) is 95.0 cm³/mol. The zero-order chi connectivity index (χ0) is 16.2. The first-order valence-electron chi connectivity index (χ1n) is 7.61. The summed E-state index contributed by atoms with van der Waals surface area (Å²) in [6.07, 6.45) is 0. The van der Waals surface area contributed by atoms with Crippen LogP contribution in [0, 0.1) is 0 Å². The van der Waals surface area contributed by atoms with Crippen LogP contribution in [-0.2, 0) is 0 Å². The first-order valence-corrected chi connectivity index (χ1v) is 7.99. The summed E-state index contributed by atoms with van der Waals surface area (Å²) in [6.45, 7) is 3.44. The molecule has 0 aliphatic carbocycles. The van der Waals surface area contributed by atoms with Crippen molar-refractivity contribution in [3.05, 3.63) is 53.6 Å². The van der Waals surface area contributed by atoms with Gasteiger partial charge in [-0.25, -0.2) is 9.97 Å². The van der Waals surface area contributed by atoms with E-state index in [0.717, 1.165) is 28.8 Å². The second kappa shape index (κ2) is 6.94. The molecule has 1 N–H and O–H groups in total. The summed E-state index contributed by atoms with van der Waals surface area (Å²) in [6, 6.07) is 15.4. The summed E-state index contributed by atoms with van der Waals surface area (Å²) >= 11 is 5.96. The molecule has 0 amide bonds. The maximum absolute atomic E-state index is 9.32. The number of likely N-dealkylation sites (N-methyl/N-ethyl adjacent to an activating group) is 1. The molecule has 3 rings (SSSR count). The third-order valence-electron chi connectivity index (χ3n) is 3.74. The first kappa shape index (κ1) is 15.7. The molecule has 0 aliphatic heterocycles. The highest BCUT2D eigenvalue weighted by Gasteiger charge is 2.14. The zero-order valence-electron chi connectivity index (χ0n) is 12.9. The molecule has 23 heavy (non-hydrogen) atoms. The molecule has 3 aromatic rings. The number of hydrogen-bond donors (Lipinski definition) is 1. The molecule has 0 spiro atoms. The number of para-hydroxylation sites is 1. The number of rotatable bonds is 5. The van der Waals surface area contributed by atoms with Crippen molar-refractivity contribution in [2.24, 2.45) is 0 Å². The van der Waals surface area contributed by atoms with Crippen LogP contribution in [-0.4, -0.2) is 34.8 Å². The van der Waals surface area contributed by atoms with E-state index in [1.807, 2.05) is 48.5 Å². The van der Waals surface area contributed by atoms with E-state index in [9.17, 15) is 5.11 Å². The molecular formula is C18H18ClN3O. The second-order valence-corrected chi connectivity index (χ2v) is 5.63. The van der Waals surface area contributed by atoms with Crippen LogP contribution in [0.3, 0.4) is 0 Å². The van der Waals surface area contributed by atoms with Crippen LogP contribution in [0.2, 0.25) is 5.02 Å². The van der Waals surface area contributed by atoms with Crippen LogP contribution in [0.25, 0.3) is 22.3 Å². The van der Waals surface area contributed by atoms with E-state index in [0.29, 0.717) is 17.4 Å². The molecule has 0 atom stereocenters. The lowest BCUT2D eigenvalue weighted by Crippen LogP contribution is -2.27. The molecule has 118 valence electrons. The number of aliphatic hydroxyl groups excluding tert-OH is 1. The number of anilines is 1. The average Bonchev–Trinajstić information content (AvgIpc) is 2.59. The van der Waals surface area contributed by atoms with E-state index in [2.05, 4.69) is 16.8 Å². The van der Waals surface area contributed by atoms with Crippen LogP contribution in [0.4, 0.5) is 5.82 Å². The molecule has 5 heteroatoms. The summed E-state index contributed by atoms with van der Waals surface area (Å²) in [7, 11) is 0. The van der Waals surface area contributed by atoms with E-state index >= 15 is 0 Å². The zero-order valence-corrected chi connectivity index (χ0v) is 13.7. The Bertz CT molecular complexity index is 805. The van der Waals surface area contributed by atoms with E-state index in [4.69, 9.17) is 16.6 Å². The fourth-order valence-corrected chi connectivity index (χ4v) is 2.69. The Morgan fingerprint density at radius 2 is 1.78 bits per heavy atom. The largest absolute Gasteiger partial charge is 0.395 e. The van der Waals surface area contributed by atoms with Crippen LogP contribution in [0.1, 0.15) is 6.92 Å². The van der Waals surface area contributed by atoms with Crippen LogP contribution < -0.4 is 4.90 Å². The van der Waals surface area contributed by atoms with E-state index in [1.165, 1.54) is 0 Å². The van der Waals surface area contributed by atoms with Crippen molar-refractivity contribution in [2.45, 2.75) is 6.92 Å². The fraction of sp³-hybridized carbons (Fsp3) is 0.222. The molecule has 0 radical (unpaired) electrons. The van der Waals surface area contributed by atoms with Gasteiger partial charge in [0.1, 0.15) is 5.82 Å².